The highest BCUT2D eigenvalue weighted by Gasteiger charge is 2.16. The zero-order chi connectivity index (χ0) is 27.4. The number of nitrogens with zero attached hydrogens (tertiary/aromatic N) is 6. The third-order valence-electron chi connectivity index (χ3n) is 5.38. The first-order chi connectivity index (χ1) is 18.1. The van der Waals surface area contributed by atoms with Gasteiger partial charge >= 0.3 is 5.97 Å². The van der Waals surface area contributed by atoms with Gasteiger partial charge in [0.1, 0.15) is 5.78 Å². The van der Waals surface area contributed by atoms with E-state index in [1.807, 2.05) is 25.1 Å². The molecule has 0 unspecified atom stereocenters. The van der Waals surface area contributed by atoms with Crippen LogP contribution in [-0.2, 0) is 16.0 Å². The minimum Gasteiger partial charge on any atom is -0.492 e. The van der Waals surface area contributed by atoms with Crippen LogP contribution in [0.2, 0.25) is 0 Å². The molecular formula is C24H22N6O7S. The van der Waals surface area contributed by atoms with E-state index in [9.17, 15) is 29.9 Å². The van der Waals surface area contributed by atoms with Gasteiger partial charge in [0.2, 0.25) is 16.9 Å². The van der Waals surface area contributed by atoms with Gasteiger partial charge in [-0.15, -0.1) is 15.0 Å². The summed E-state index contributed by atoms with van der Waals surface area (Å²) in [7, 11) is 3.70. The van der Waals surface area contributed by atoms with Crippen molar-refractivity contribution < 1.29 is 29.6 Å². The number of rotatable bonds is 10. The van der Waals surface area contributed by atoms with Crippen LogP contribution in [0.25, 0.3) is 10.2 Å². The maximum absolute atomic E-state index is 12.7. The second-order valence-corrected chi connectivity index (χ2v) is 9.34. The molecule has 4 rings (SSSR count). The predicted octanol–water partition coefficient (Wildman–Crippen LogP) is 4.45. The molecule has 0 saturated heterocycles. The molecule has 0 aliphatic heterocycles. The van der Waals surface area contributed by atoms with Crippen LogP contribution in [0.4, 0.5) is 22.2 Å². The van der Waals surface area contributed by atoms with Crippen molar-refractivity contribution in [3.05, 3.63) is 64.2 Å². The quantitative estimate of drug-likeness (QED) is 0.168. The maximum Gasteiger partial charge on any atom is 0.333 e. The highest BCUT2D eigenvalue weighted by molar-refractivity contribution is 7.21. The number of fused-ring (bicyclic) bond motifs is 1. The Kier molecular flexibility index (Phi) is 7.62. The Morgan fingerprint density at radius 3 is 2.50 bits per heavy atom. The Morgan fingerprint density at radius 2 is 1.82 bits per heavy atom. The Hall–Kier alpha value is -4.85. The third kappa shape index (κ3) is 6.10. The SMILES string of the molecule is CN(C)c1ccc(N=Nc2nc3ccc([N+](=O)[O-])cc3s2)c(CC(=O)CCC(=O)On2c(O)ccc2O)c1. The van der Waals surface area contributed by atoms with Crippen LogP contribution in [0.3, 0.4) is 0 Å². The summed E-state index contributed by atoms with van der Waals surface area (Å²) in [6, 6.07) is 12.0. The summed E-state index contributed by atoms with van der Waals surface area (Å²) >= 11 is 1.15. The fourth-order valence-corrected chi connectivity index (χ4v) is 4.25. The first-order valence-electron chi connectivity index (χ1n) is 11.2. The number of hydrogen-bond donors (Lipinski definition) is 2. The molecule has 14 heteroatoms. The van der Waals surface area contributed by atoms with Gasteiger partial charge in [0.15, 0.2) is 0 Å². The Morgan fingerprint density at radius 1 is 1.08 bits per heavy atom. The average Bonchev–Trinajstić information content (AvgIpc) is 3.43. The number of nitro groups is 1. The summed E-state index contributed by atoms with van der Waals surface area (Å²) in [5.41, 5.74) is 2.35. The number of thiazole rings is 1. The van der Waals surface area contributed by atoms with Crippen molar-refractivity contribution in [2.45, 2.75) is 19.3 Å². The van der Waals surface area contributed by atoms with E-state index < -0.39 is 22.7 Å². The minimum atomic E-state index is -0.807. The molecule has 2 aromatic carbocycles. The first-order valence-corrected chi connectivity index (χ1v) is 12.0. The lowest BCUT2D eigenvalue weighted by molar-refractivity contribution is -0.384. The molecule has 13 nitrogen and oxygen atoms in total. The second kappa shape index (κ2) is 11.0. The summed E-state index contributed by atoms with van der Waals surface area (Å²) in [6.45, 7) is 0. The average molecular weight is 539 g/mol. The molecule has 0 radical (unpaired) electrons. The smallest absolute Gasteiger partial charge is 0.333 e. The fourth-order valence-electron chi connectivity index (χ4n) is 3.43. The summed E-state index contributed by atoms with van der Waals surface area (Å²) in [5.74, 6) is -1.98. The molecule has 0 aliphatic rings. The van der Waals surface area contributed by atoms with Crippen LogP contribution in [0.15, 0.2) is 58.8 Å². The number of nitro benzene ring substituents is 1. The van der Waals surface area contributed by atoms with E-state index in [1.54, 1.807) is 18.2 Å². The van der Waals surface area contributed by atoms with Crippen molar-refractivity contribution in [1.29, 1.82) is 0 Å². The van der Waals surface area contributed by atoms with Gasteiger partial charge in [-0.3, -0.25) is 14.9 Å². The van der Waals surface area contributed by atoms with Crippen LogP contribution in [0.1, 0.15) is 18.4 Å². The number of non-ortho nitro benzene ring substituents is 1. The number of hydrogen-bond acceptors (Lipinski definition) is 12. The van der Waals surface area contributed by atoms with E-state index in [-0.39, 0.29) is 30.7 Å². The van der Waals surface area contributed by atoms with Crippen molar-refractivity contribution in [3.8, 4) is 11.8 Å². The number of Topliss-reactive ketones (excluding diaryl/α,β-unsaturated/α-hetero) is 1. The van der Waals surface area contributed by atoms with Crippen LogP contribution < -0.4 is 9.74 Å². The first kappa shape index (κ1) is 26.2. The van der Waals surface area contributed by atoms with E-state index in [0.29, 0.717) is 31.3 Å². The molecule has 0 spiro atoms. The normalized spacial score (nSPS) is 11.2. The molecule has 0 saturated carbocycles. The molecule has 0 aliphatic carbocycles. The standard InChI is InChI=1S/C24H22N6O7S/c1-28(2)15-3-6-18(26-27-24-25-19-7-4-16(30(35)36)13-20(19)38-24)14(11-15)12-17(31)5-10-23(34)37-29-21(32)8-9-22(29)33/h3-4,6-9,11,13,32-33H,5,10,12H2,1-2H3. The van der Waals surface area contributed by atoms with Crippen molar-refractivity contribution in [1.82, 2.24) is 9.71 Å². The molecule has 2 heterocycles. The summed E-state index contributed by atoms with van der Waals surface area (Å²) < 4.78 is 1.16. The fraction of sp³-hybridized carbons (Fsp3) is 0.208. The zero-order valence-corrected chi connectivity index (χ0v) is 21.1. The Balaban J connectivity index is 1.48. The Bertz CT molecular complexity index is 1540. The molecule has 196 valence electrons. The van der Waals surface area contributed by atoms with E-state index >= 15 is 0 Å². The number of azo groups is 1. The number of benzene rings is 2. The van der Waals surface area contributed by atoms with Gasteiger partial charge in [0.05, 0.1) is 27.2 Å². The van der Waals surface area contributed by atoms with Gasteiger partial charge < -0.3 is 20.0 Å². The highest BCUT2D eigenvalue weighted by Crippen LogP contribution is 2.33. The molecule has 0 atom stereocenters. The third-order valence-corrected chi connectivity index (χ3v) is 6.28. The summed E-state index contributed by atoms with van der Waals surface area (Å²) in [6.07, 6.45) is -0.436. The largest absolute Gasteiger partial charge is 0.492 e. The lowest BCUT2D eigenvalue weighted by atomic mass is 10.0. The van der Waals surface area contributed by atoms with Crippen LogP contribution in [0, 0.1) is 10.1 Å². The topological polar surface area (TPSA) is 173 Å². The van der Waals surface area contributed by atoms with Crippen molar-refractivity contribution in [3.63, 3.8) is 0 Å². The molecule has 38 heavy (non-hydrogen) atoms. The number of anilines is 1. The lowest BCUT2D eigenvalue weighted by Gasteiger charge is -2.14. The number of carbonyl (C=O) groups is 2. The number of carbonyl (C=O) groups excluding carboxylic acids is 2. The van der Waals surface area contributed by atoms with Crippen molar-refractivity contribution >= 4 is 55.5 Å². The van der Waals surface area contributed by atoms with Crippen LogP contribution in [0.5, 0.6) is 11.8 Å². The van der Waals surface area contributed by atoms with E-state index in [1.165, 1.54) is 12.1 Å². The van der Waals surface area contributed by atoms with Gasteiger partial charge in [-0.05, 0) is 29.8 Å². The molecule has 0 fully saturated rings. The molecule has 2 aromatic heterocycles. The van der Waals surface area contributed by atoms with Crippen molar-refractivity contribution in [2.24, 2.45) is 10.2 Å². The second-order valence-electron chi connectivity index (χ2n) is 8.34. The van der Waals surface area contributed by atoms with E-state index in [0.717, 1.165) is 29.2 Å². The Labute approximate surface area is 219 Å². The highest BCUT2D eigenvalue weighted by atomic mass is 32.1. The monoisotopic (exact) mass is 538 g/mol. The van der Waals surface area contributed by atoms with Gasteiger partial charge in [-0.1, -0.05) is 11.3 Å². The molecule has 0 amide bonds. The van der Waals surface area contributed by atoms with Gasteiger partial charge in [-0.2, -0.15) is 0 Å². The van der Waals surface area contributed by atoms with E-state index in [2.05, 4.69) is 15.2 Å². The van der Waals surface area contributed by atoms with Crippen LogP contribution in [-0.4, -0.2) is 50.7 Å². The van der Waals surface area contributed by atoms with Gasteiger partial charge in [0.25, 0.3) is 5.69 Å². The molecular weight excluding hydrogens is 516 g/mol. The minimum absolute atomic E-state index is 0.0324. The molecule has 4 aromatic rings. The lowest BCUT2D eigenvalue weighted by Crippen LogP contribution is -2.20. The molecule has 2 N–H and O–H groups in total. The predicted molar refractivity (Wildman–Crippen MR) is 139 cm³/mol. The summed E-state index contributed by atoms with van der Waals surface area (Å²) in [4.78, 5) is 46.4. The zero-order valence-electron chi connectivity index (χ0n) is 20.3. The maximum atomic E-state index is 12.7. The number of ketones is 1. The number of aromatic hydroxyl groups is 2. The van der Waals surface area contributed by atoms with Gasteiger partial charge in [-0.25, -0.2) is 9.78 Å². The van der Waals surface area contributed by atoms with Gasteiger partial charge in [0, 0.05) is 56.9 Å². The number of aromatic nitrogens is 2. The van der Waals surface area contributed by atoms with Crippen molar-refractivity contribution in [2.75, 3.05) is 19.0 Å². The van der Waals surface area contributed by atoms with E-state index in [4.69, 9.17) is 4.84 Å². The van der Waals surface area contributed by atoms with Crippen LogP contribution >= 0.6 is 11.3 Å². The summed E-state index contributed by atoms with van der Waals surface area (Å²) in [5, 5.41) is 38.9. The molecule has 0 bridgehead atoms.